The van der Waals surface area contributed by atoms with Gasteiger partial charge in [-0.15, -0.1) is 0 Å². The van der Waals surface area contributed by atoms with Crippen molar-refractivity contribution in [2.24, 2.45) is 10.9 Å². The summed E-state index contributed by atoms with van der Waals surface area (Å²) in [5, 5.41) is 3.53. The lowest BCUT2D eigenvalue weighted by molar-refractivity contribution is 0.258. The van der Waals surface area contributed by atoms with Gasteiger partial charge < -0.3 is 5.32 Å². The molecule has 1 atom stereocenters. The van der Waals surface area contributed by atoms with Crippen LogP contribution in [-0.4, -0.2) is 18.4 Å². The Morgan fingerprint density at radius 3 is 2.75 bits per heavy atom. The number of rotatable bonds is 2. The molecule has 0 bridgehead atoms. The third kappa shape index (κ3) is 1.62. The Bertz CT molecular complexity index is 182. The molecule has 2 rings (SSSR count). The predicted octanol–water partition coefficient (Wildman–Crippen LogP) is 1.96. The zero-order valence-corrected chi connectivity index (χ0v) is 7.84. The van der Waals surface area contributed by atoms with Crippen molar-refractivity contribution in [1.29, 1.82) is 0 Å². The van der Waals surface area contributed by atoms with Gasteiger partial charge in [-0.1, -0.05) is 6.42 Å². The minimum atomic E-state index is 0.663. The van der Waals surface area contributed by atoms with Crippen LogP contribution in [-0.2, 0) is 0 Å². The van der Waals surface area contributed by atoms with Gasteiger partial charge in [0, 0.05) is 19.0 Å². The normalized spacial score (nSPS) is 26.2. The average molecular weight is 166 g/mol. The predicted molar refractivity (Wildman–Crippen MR) is 51.5 cm³/mol. The van der Waals surface area contributed by atoms with E-state index in [-0.39, 0.29) is 0 Å². The summed E-state index contributed by atoms with van der Waals surface area (Å²) in [5.41, 5.74) is 0. The summed E-state index contributed by atoms with van der Waals surface area (Å²) in [7, 11) is 0. The van der Waals surface area contributed by atoms with E-state index >= 15 is 0 Å². The van der Waals surface area contributed by atoms with Gasteiger partial charge in [0.1, 0.15) is 0 Å². The Kier molecular flexibility index (Phi) is 2.33. The van der Waals surface area contributed by atoms with Crippen molar-refractivity contribution in [3.8, 4) is 0 Å². The highest BCUT2D eigenvalue weighted by atomic mass is 15.0. The largest absolute Gasteiger partial charge is 0.371 e. The Morgan fingerprint density at radius 1 is 1.42 bits per heavy atom. The number of nitrogens with zero attached hydrogens (tertiary/aromatic N) is 1. The first kappa shape index (κ1) is 8.09. The second-order valence-electron chi connectivity index (χ2n) is 4.06. The average Bonchev–Trinajstić information content (AvgIpc) is 2.34. The molecule has 1 aliphatic carbocycles. The van der Waals surface area contributed by atoms with Gasteiger partial charge in [0.2, 0.25) is 0 Å². The first-order chi connectivity index (χ1) is 5.86. The van der Waals surface area contributed by atoms with Crippen LogP contribution in [0.15, 0.2) is 4.99 Å². The number of aliphatic imine (C=N–C) groups is 1. The van der Waals surface area contributed by atoms with Crippen molar-refractivity contribution in [2.45, 2.75) is 45.1 Å². The van der Waals surface area contributed by atoms with E-state index in [9.17, 15) is 0 Å². The second-order valence-corrected chi connectivity index (χ2v) is 4.06. The summed E-state index contributed by atoms with van der Waals surface area (Å²) >= 11 is 0. The first-order valence-electron chi connectivity index (χ1n) is 5.16. The molecule has 1 N–H and O–H groups in total. The van der Waals surface area contributed by atoms with Crippen LogP contribution >= 0.6 is 0 Å². The van der Waals surface area contributed by atoms with Crippen LogP contribution in [0.4, 0.5) is 0 Å². The van der Waals surface area contributed by atoms with Crippen molar-refractivity contribution >= 4 is 5.84 Å². The summed E-state index contributed by atoms with van der Waals surface area (Å²) in [4.78, 5) is 4.42. The molecule has 0 radical (unpaired) electrons. The lowest BCUT2D eigenvalue weighted by atomic mass is 9.80. The molecule has 0 aromatic rings. The van der Waals surface area contributed by atoms with Crippen molar-refractivity contribution < 1.29 is 0 Å². The molecule has 1 aliphatic heterocycles. The quantitative estimate of drug-likeness (QED) is 0.666. The number of hydrogen-bond donors (Lipinski definition) is 1. The number of nitrogens with one attached hydrogen (secondary N) is 1. The van der Waals surface area contributed by atoms with Crippen molar-refractivity contribution in [3.05, 3.63) is 0 Å². The highest BCUT2D eigenvalue weighted by Crippen LogP contribution is 2.29. The fourth-order valence-electron chi connectivity index (χ4n) is 1.98. The van der Waals surface area contributed by atoms with Crippen LogP contribution < -0.4 is 5.32 Å². The SMILES string of the molecule is CC(NC1=NCCC1)C1CCC1. The van der Waals surface area contributed by atoms with Gasteiger partial charge in [0.05, 0.1) is 5.84 Å². The van der Waals surface area contributed by atoms with E-state index in [1.165, 1.54) is 37.9 Å². The fraction of sp³-hybridized carbons (Fsp3) is 0.900. The molecule has 1 unspecified atom stereocenters. The van der Waals surface area contributed by atoms with Crippen molar-refractivity contribution in [2.75, 3.05) is 6.54 Å². The minimum Gasteiger partial charge on any atom is -0.371 e. The van der Waals surface area contributed by atoms with Gasteiger partial charge in [-0.25, -0.2) is 0 Å². The number of amidine groups is 1. The minimum absolute atomic E-state index is 0.663. The van der Waals surface area contributed by atoms with E-state index in [4.69, 9.17) is 0 Å². The van der Waals surface area contributed by atoms with Gasteiger partial charge in [0.25, 0.3) is 0 Å². The smallest absolute Gasteiger partial charge is 0.0965 e. The van der Waals surface area contributed by atoms with E-state index in [1.807, 2.05) is 0 Å². The van der Waals surface area contributed by atoms with E-state index in [0.717, 1.165) is 12.5 Å². The van der Waals surface area contributed by atoms with Gasteiger partial charge in [0.15, 0.2) is 0 Å². The third-order valence-corrected chi connectivity index (χ3v) is 3.13. The number of hydrogen-bond acceptors (Lipinski definition) is 2. The zero-order chi connectivity index (χ0) is 8.39. The molecular formula is C10H18N2. The van der Waals surface area contributed by atoms with Crippen molar-refractivity contribution in [1.82, 2.24) is 5.32 Å². The standard InChI is InChI=1S/C10H18N2/c1-8(9-4-2-5-9)12-10-6-3-7-11-10/h8-9H,2-7H2,1H3,(H,11,12). The van der Waals surface area contributed by atoms with E-state index in [1.54, 1.807) is 0 Å². The molecule has 1 saturated carbocycles. The Labute approximate surface area is 74.5 Å². The monoisotopic (exact) mass is 166 g/mol. The molecule has 2 heteroatoms. The molecular weight excluding hydrogens is 148 g/mol. The highest BCUT2D eigenvalue weighted by Gasteiger charge is 2.24. The third-order valence-electron chi connectivity index (χ3n) is 3.13. The molecule has 1 fully saturated rings. The van der Waals surface area contributed by atoms with E-state index < -0.39 is 0 Å². The Balaban J connectivity index is 1.77. The summed E-state index contributed by atoms with van der Waals surface area (Å²) in [6.45, 7) is 3.34. The fourth-order valence-corrected chi connectivity index (χ4v) is 1.98. The Hall–Kier alpha value is -0.530. The summed E-state index contributed by atoms with van der Waals surface area (Å²) in [6.07, 6.45) is 6.70. The van der Waals surface area contributed by atoms with Gasteiger partial charge in [-0.05, 0) is 32.1 Å². The van der Waals surface area contributed by atoms with Crippen LogP contribution in [0.3, 0.4) is 0 Å². The summed E-state index contributed by atoms with van der Waals surface area (Å²) in [5.74, 6) is 2.18. The van der Waals surface area contributed by atoms with Crippen LogP contribution in [0.25, 0.3) is 0 Å². The molecule has 0 spiro atoms. The summed E-state index contributed by atoms with van der Waals surface area (Å²) < 4.78 is 0. The molecule has 12 heavy (non-hydrogen) atoms. The molecule has 0 aromatic carbocycles. The Morgan fingerprint density at radius 2 is 2.25 bits per heavy atom. The second kappa shape index (κ2) is 3.46. The van der Waals surface area contributed by atoms with Crippen LogP contribution in [0, 0.1) is 5.92 Å². The topological polar surface area (TPSA) is 24.4 Å². The van der Waals surface area contributed by atoms with Gasteiger partial charge in [-0.3, -0.25) is 4.99 Å². The molecule has 0 aromatic heterocycles. The van der Waals surface area contributed by atoms with E-state index in [0.29, 0.717) is 6.04 Å². The molecule has 0 saturated heterocycles. The van der Waals surface area contributed by atoms with Gasteiger partial charge >= 0.3 is 0 Å². The molecule has 0 amide bonds. The van der Waals surface area contributed by atoms with Crippen molar-refractivity contribution in [3.63, 3.8) is 0 Å². The molecule has 2 nitrogen and oxygen atoms in total. The maximum absolute atomic E-state index is 4.42. The van der Waals surface area contributed by atoms with Gasteiger partial charge in [-0.2, -0.15) is 0 Å². The van der Waals surface area contributed by atoms with Crippen LogP contribution in [0.2, 0.25) is 0 Å². The van der Waals surface area contributed by atoms with Crippen LogP contribution in [0.5, 0.6) is 0 Å². The lowest BCUT2D eigenvalue weighted by Gasteiger charge is -2.32. The lowest BCUT2D eigenvalue weighted by Crippen LogP contribution is -2.40. The maximum atomic E-state index is 4.42. The molecule has 68 valence electrons. The molecule has 1 heterocycles. The van der Waals surface area contributed by atoms with E-state index in [2.05, 4.69) is 17.2 Å². The maximum Gasteiger partial charge on any atom is 0.0965 e. The molecule has 2 aliphatic rings. The first-order valence-corrected chi connectivity index (χ1v) is 5.16. The highest BCUT2D eigenvalue weighted by molar-refractivity contribution is 5.83. The zero-order valence-electron chi connectivity index (χ0n) is 7.84. The summed E-state index contributed by atoms with van der Waals surface area (Å²) in [6, 6.07) is 0.663. The van der Waals surface area contributed by atoms with Crippen LogP contribution in [0.1, 0.15) is 39.0 Å².